The Hall–Kier alpha value is -5.54. The SMILES string of the molecule is COC1CCN(C(=O)C#Cc2c(Oc3ccc(NC(=O)c4cccn(-c5ccc(F)cc5)c4=O)cc3F)ccnc2N)CC1. The normalized spacial score (nSPS) is 13.1. The maximum atomic E-state index is 15.1. The topological polar surface area (TPSA) is 129 Å². The van der Waals surface area contributed by atoms with E-state index in [0.29, 0.717) is 31.6 Å². The van der Waals surface area contributed by atoms with E-state index >= 15 is 4.39 Å². The van der Waals surface area contributed by atoms with Crippen molar-refractivity contribution in [1.29, 1.82) is 0 Å². The van der Waals surface area contributed by atoms with E-state index in [1.165, 1.54) is 71.6 Å². The summed E-state index contributed by atoms with van der Waals surface area (Å²) in [5.74, 6) is 2.70. The quantitative estimate of drug-likeness (QED) is 0.319. The number of likely N-dealkylation sites (tertiary alicyclic amines) is 1. The van der Waals surface area contributed by atoms with E-state index in [1.807, 2.05) is 0 Å². The largest absolute Gasteiger partial charge is 0.453 e. The molecule has 1 aliphatic heterocycles. The molecule has 1 saturated heterocycles. The maximum Gasteiger partial charge on any atom is 0.298 e. The van der Waals surface area contributed by atoms with Crippen LogP contribution in [0.5, 0.6) is 11.5 Å². The van der Waals surface area contributed by atoms with Crippen molar-refractivity contribution >= 4 is 23.3 Å². The lowest BCUT2D eigenvalue weighted by Crippen LogP contribution is -2.40. The third-order valence-electron chi connectivity index (χ3n) is 7.01. The van der Waals surface area contributed by atoms with Crippen molar-refractivity contribution in [2.24, 2.45) is 0 Å². The van der Waals surface area contributed by atoms with Crippen LogP contribution in [-0.4, -0.2) is 52.6 Å². The van der Waals surface area contributed by atoms with Gasteiger partial charge in [0.25, 0.3) is 17.4 Å². The number of aromatic nitrogens is 2. The molecule has 4 aromatic rings. The third-order valence-corrected chi connectivity index (χ3v) is 7.01. The number of ether oxygens (including phenoxy) is 2. The number of piperidine rings is 1. The van der Waals surface area contributed by atoms with E-state index in [4.69, 9.17) is 15.2 Å². The van der Waals surface area contributed by atoms with Crippen LogP contribution in [0.25, 0.3) is 5.69 Å². The molecular formula is C32H27F2N5O5. The van der Waals surface area contributed by atoms with Crippen LogP contribution in [0.15, 0.2) is 77.9 Å². The Morgan fingerprint density at radius 2 is 1.80 bits per heavy atom. The smallest absolute Gasteiger partial charge is 0.298 e. The molecule has 0 spiro atoms. The minimum absolute atomic E-state index is 0.000613. The van der Waals surface area contributed by atoms with Gasteiger partial charge >= 0.3 is 0 Å². The van der Waals surface area contributed by atoms with Gasteiger partial charge < -0.3 is 25.4 Å². The van der Waals surface area contributed by atoms with Crippen molar-refractivity contribution in [3.63, 3.8) is 0 Å². The van der Waals surface area contributed by atoms with E-state index < -0.39 is 23.1 Å². The number of halogens is 2. The summed E-state index contributed by atoms with van der Waals surface area (Å²) < 4.78 is 40.7. The van der Waals surface area contributed by atoms with Crippen molar-refractivity contribution in [2.75, 3.05) is 31.2 Å². The summed E-state index contributed by atoms with van der Waals surface area (Å²) in [5.41, 5.74) is 5.70. The van der Waals surface area contributed by atoms with Gasteiger partial charge in [-0.25, -0.2) is 13.8 Å². The lowest BCUT2D eigenvalue weighted by Gasteiger charge is -2.29. The highest BCUT2D eigenvalue weighted by Gasteiger charge is 2.22. The highest BCUT2D eigenvalue weighted by Crippen LogP contribution is 2.30. The molecule has 2 amide bonds. The summed E-state index contributed by atoms with van der Waals surface area (Å²) in [5, 5.41) is 2.50. The number of amides is 2. The Morgan fingerprint density at radius 3 is 2.50 bits per heavy atom. The average Bonchev–Trinajstić information content (AvgIpc) is 3.02. The number of hydrogen-bond donors (Lipinski definition) is 2. The molecule has 0 bridgehead atoms. The van der Waals surface area contributed by atoms with Gasteiger partial charge in [0.1, 0.15) is 28.5 Å². The first-order valence-electron chi connectivity index (χ1n) is 13.6. The summed E-state index contributed by atoms with van der Waals surface area (Å²) in [6.45, 7) is 1.03. The van der Waals surface area contributed by atoms with Gasteiger partial charge in [0, 0.05) is 62.0 Å². The van der Waals surface area contributed by atoms with Crippen molar-refractivity contribution in [3.05, 3.63) is 106 Å². The van der Waals surface area contributed by atoms with E-state index in [1.54, 1.807) is 12.0 Å². The number of hydrogen-bond acceptors (Lipinski definition) is 7. The fourth-order valence-electron chi connectivity index (χ4n) is 4.61. The summed E-state index contributed by atoms with van der Waals surface area (Å²) in [4.78, 5) is 44.1. The zero-order valence-corrected chi connectivity index (χ0v) is 23.6. The molecule has 0 unspecified atom stereocenters. The molecule has 0 aliphatic carbocycles. The van der Waals surface area contributed by atoms with Crippen molar-refractivity contribution in [2.45, 2.75) is 18.9 Å². The summed E-state index contributed by atoms with van der Waals surface area (Å²) in [6.07, 6.45) is 4.34. The molecule has 3 heterocycles. The lowest BCUT2D eigenvalue weighted by molar-refractivity contribution is -0.127. The summed E-state index contributed by atoms with van der Waals surface area (Å²) in [6, 6.07) is 13.2. The molecular weight excluding hydrogens is 572 g/mol. The molecule has 1 aliphatic rings. The van der Waals surface area contributed by atoms with Gasteiger partial charge in [-0.2, -0.15) is 0 Å². The number of carbonyl (C=O) groups is 2. The minimum Gasteiger partial charge on any atom is -0.453 e. The number of pyridine rings is 2. The van der Waals surface area contributed by atoms with Gasteiger partial charge in [-0.05, 0) is 67.3 Å². The molecule has 12 heteroatoms. The molecule has 2 aromatic carbocycles. The van der Waals surface area contributed by atoms with Crippen LogP contribution < -0.4 is 21.3 Å². The van der Waals surface area contributed by atoms with Crippen LogP contribution in [0.3, 0.4) is 0 Å². The van der Waals surface area contributed by atoms with Crippen molar-refractivity contribution in [1.82, 2.24) is 14.5 Å². The lowest BCUT2D eigenvalue weighted by atomic mass is 10.1. The second-order valence-electron chi connectivity index (χ2n) is 9.82. The number of benzene rings is 2. The van der Waals surface area contributed by atoms with E-state index in [9.17, 15) is 18.8 Å². The molecule has 5 rings (SSSR count). The number of methoxy groups -OCH3 is 1. The van der Waals surface area contributed by atoms with Gasteiger partial charge in [-0.3, -0.25) is 19.0 Å². The molecule has 3 N–H and O–H groups in total. The van der Waals surface area contributed by atoms with Crippen LogP contribution in [0.4, 0.5) is 20.3 Å². The van der Waals surface area contributed by atoms with E-state index in [0.717, 1.165) is 6.07 Å². The Bertz CT molecular complexity index is 1820. The molecule has 224 valence electrons. The van der Waals surface area contributed by atoms with Crippen LogP contribution in [0.2, 0.25) is 0 Å². The predicted molar refractivity (Wildman–Crippen MR) is 159 cm³/mol. The monoisotopic (exact) mass is 599 g/mol. The summed E-state index contributed by atoms with van der Waals surface area (Å²) >= 11 is 0. The first kappa shape index (κ1) is 29.9. The minimum atomic E-state index is -0.828. The Morgan fingerprint density at radius 1 is 1.05 bits per heavy atom. The average molecular weight is 600 g/mol. The molecule has 2 aromatic heterocycles. The van der Waals surface area contributed by atoms with Gasteiger partial charge in [0.2, 0.25) is 0 Å². The number of nitrogens with one attached hydrogen (secondary N) is 1. The van der Waals surface area contributed by atoms with Crippen LogP contribution in [0.1, 0.15) is 28.8 Å². The fourth-order valence-corrected chi connectivity index (χ4v) is 4.61. The van der Waals surface area contributed by atoms with Crippen LogP contribution >= 0.6 is 0 Å². The molecule has 0 radical (unpaired) electrons. The molecule has 0 atom stereocenters. The number of nitrogens with zero attached hydrogens (tertiary/aromatic N) is 3. The number of nitrogen functional groups attached to an aromatic ring is 1. The summed E-state index contributed by atoms with van der Waals surface area (Å²) in [7, 11) is 1.64. The Kier molecular flexibility index (Phi) is 8.97. The number of rotatable bonds is 6. The van der Waals surface area contributed by atoms with Crippen LogP contribution in [0, 0.1) is 23.5 Å². The zero-order valence-electron chi connectivity index (χ0n) is 23.6. The number of carbonyl (C=O) groups excluding carboxylic acids is 2. The van der Waals surface area contributed by atoms with Gasteiger partial charge in [-0.1, -0.05) is 0 Å². The first-order chi connectivity index (χ1) is 21.2. The van der Waals surface area contributed by atoms with E-state index in [2.05, 4.69) is 22.1 Å². The van der Waals surface area contributed by atoms with Crippen molar-refractivity contribution < 1.29 is 27.8 Å². The zero-order chi connectivity index (χ0) is 31.2. The highest BCUT2D eigenvalue weighted by molar-refractivity contribution is 6.04. The third kappa shape index (κ3) is 6.74. The standard InChI is InChI=1S/C32H27F2N5O5/c1-43-23-13-17-38(18-14-23)29(40)11-9-24-27(12-15-36-30(24)35)44-28-10-6-21(19-26(28)34)37-31(41)25-3-2-16-39(32(25)42)22-7-4-20(33)5-8-22/h2-8,10,12,15-16,19,23H,13-14,17-18H2,1H3,(H2,35,36)(H,37,41). The Balaban J connectivity index is 1.30. The number of nitrogens with two attached hydrogens (primary N) is 1. The molecule has 0 saturated carbocycles. The van der Waals surface area contributed by atoms with E-state index in [-0.39, 0.29) is 46.1 Å². The second-order valence-corrected chi connectivity index (χ2v) is 9.82. The predicted octanol–water partition coefficient (Wildman–Crippen LogP) is 4.13. The fraction of sp³-hybridized carbons (Fsp3) is 0.188. The maximum absolute atomic E-state index is 15.1. The highest BCUT2D eigenvalue weighted by atomic mass is 19.1. The van der Waals surface area contributed by atoms with Gasteiger partial charge in [0.15, 0.2) is 11.6 Å². The van der Waals surface area contributed by atoms with Crippen molar-refractivity contribution in [3.8, 4) is 29.0 Å². The second kappa shape index (κ2) is 13.2. The Labute approximate surface area is 251 Å². The first-order valence-corrected chi connectivity index (χ1v) is 13.6. The number of anilines is 2. The van der Waals surface area contributed by atoms with Crippen LogP contribution in [-0.2, 0) is 9.53 Å². The molecule has 44 heavy (non-hydrogen) atoms. The van der Waals surface area contributed by atoms with Gasteiger partial charge in [-0.15, -0.1) is 0 Å². The molecule has 1 fully saturated rings. The molecule has 10 nitrogen and oxygen atoms in total. The van der Waals surface area contributed by atoms with Gasteiger partial charge in [0.05, 0.1) is 6.10 Å².